The van der Waals surface area contributed by atoms with E-state index >= 15 is 8.78 Å². The fourth-order valence-electron chi connectivity index (χ4n) is 4.29. The monoisotopic (exact) mass is 667 g/mol. The molecule has 1 saturated heterocycles. The number of hydrogen-bond acceptors (Lipinski definition) is 9. The minimum atomic E-state index is -4.84. The first-order valence-corrected chi connectivity index (χ1v) is 15.6. The lowest BCUT2D eigenvalue weighted by atomic mass is 9.95. The van der Waals surface area contributed by atoms with Gasteiger partial charge in [-0.25, -0.2) is 18.7 Å². The number of H-pyrrole nitrogens is 1. The first-order valence-electron chi connectivity index (χ1n) is 12.9. The number of nitrogens with zero attached hydrogens (tertiary/aromatic N) is 1. The number of benzene rings is 2. The number of carbonyl (C=O) groups excluding carboxylic acids is 1. The molecule has 240 valence electrons. The summed E-state index contributed by atoms with van der Waals surface area (Å²) < 4.78 is 95.2. The predicted octanol–water partition coefficient (Wildman–Crippen LogP) is 3.61. The Hall–Kier alpha value is -3.21. The van der Waals surface area contributed by atoms with E-state index in [-0.39, 0.29) is 16.5 Å². The van der Waals surface area contributed by atoms with Crippen molar-refractivity contribution in [1.29, 1.82) is 0 Å². The number of aliphatic hydroxyl groups is 1. The summed E-state index contributed by atoms with van der Waals surface area (Å²) in [4.78, 5) is 37.6. The third-order valence-electron chi connectivity index (χ3n) is 6.54. The van der Waals surface area contributed by atoms with E-state index < -0.39 is 78.7 Å². The van der Waals surface area contributed by atoms with Crippen LogP contribution in [0.3, 0.4) is 0 Å². The summed E-state index contributed by atoms with van der Waals surface area (Å²) in [6.07, 6.45) is -10.2. The molecule has 44 heavy (non-hydrogen) atoms. The number of ether oxygens (including phenoxy) is 2. The molecule has 11 nitrogen and oxygen atoms in total. The van der Waals surface area contributed by atoms with Crippen LogP contribution in [0.15, 0.2) is 58.3 Å². The zero-order valence-corrected chi connectivity index (χ0v) is 24.9. The maximum atomic E-state index is 15.5. The molecule has 1 aromatic heterocycles. The highest BCUT2D eigenvalue weighted by Crippen LogP contribution is 2.54. The van der Waals surface area contributed by atoms with Crippen LogP contribution in [-0.4, -0.2) is 63.4 Å². The van der Waals surface area contributed by atoms with Crippen molar-refractivity contribution in [2.75, 3.05) is 6.61 Å². The average molecular weight is 668 g/mol. The fraction of sp³-hybridized carbons (Fsp3) is 0.423. The van der Waals surface area contributed by atoms with Crippen LogP contribution in [0.2, 0.25) is 0 Å². The van der Waals surface area contributed by atoms with Gasteiger partial charge in [-0.2, -0.15) is 13.2 Å². The Morgan fingerprint density at radius 1 is 1.18 bits per heavy atom. The third-order valence-corrected chi connectivity index (χ3v) is 9.02. The van der Waals surface area contributed by atoms with Crippen molar-refractivity contribution in [3.63, 3.8) is 0 Å². The minimum absolute atomic E-state index is 0.00333. The highest BCUT2D eigenvalue weighted by Gasteiger charge is 2.74. The maximum absolute atomic E-state index is 15.5. The van der Waals surface area contributed by atoms with Gasteiger partial charge in [0, 0.05) is 0 Å². The fourth-order valence-corrected chi connectivity index (χ4v) is 6.70. The highest BCUT2D eigenvalue weighted by atomic mass is 32.5. The van der Waals surface area contributed by atoms with Gasteiger partial charge in [0.05, 0.1) is 18.9 Å². The Morgan fingerprint density at radius 2 is 1.84 bits per heavy atom. The first kappa shape index (κ1) is 33.7. The van der Waals surface area contributed by atoms with E-state index in [1.54, 1.807) is 44.2 Å². The Balaban J connectivity index is 1.70. The lowest BCUT2D eigenvalue weighted by Crippen LogP contribution is -2.57. The largest absolute Gasteiger partial charge is 0.462 e. The van der Waals surface area contributed by atoms with Crippen molar-refractivity contribution in [1.82, 2.24) is 14.6 Å². The Kier molecular flexibility index (Phi) is 9.68. The molecule has 18 heteroatoms. The molecule has 2 aromatic carbocycles. The van der Waals surface area contributed by atoms with Crippen LogP contribution < -0.4 is 20.9 Å². The Morgan fingerprint density at radius 3 is 2.48 bits per heavy atom. The number of esters is 1. The van der Waals surface area contributed by atoms with Crippen LogP contribution in [0.1, 0.15) is 27.0 Å². The average Bonchev–Trinajstić information content (AvgIpc) is 3.14. The molecule has 0 aliphatic carbocycles. The van der Waals surface area contributed by atoms with Crippen molar-refractivity contribution in [3.05, 3.63) is 75.3 Å². The molecule has 3 N–H and O–H groups in total. The summed E-state index contributed by atoms with van der Waals surface area (Å²) in [5.74, 6) is -7.30. The van der Waals surface area contributed by atoms with Gasteiger partial charge in [0.2, 0.25) is 11.4 Å². The molecular weight excluding hydrogens is 640 g/mol. The standard InChI is InChI=1S/C26H27F5N3O8PS/c1-13(2)40-22(37)14(3)33-43(44,42-17-9-8-15-6-4-5-7-16(15)10-17)39-12-25(23(28)29)26(30,31)19(35)21(41-25)34-11-18(27)20(36)32-24(34)38/h4-11,13-14,19,21,23,35H,12H2,1-3H3,(H,33,44)(H,32,36,38). The van der Waals surface area contributed by atoms with Gasteiger partial charge in [-0.1, -0.05) is 30.3 Å². The molecule has 2 heterocycles. The number of aliphatic hydroxyl groups excluding tert-OH is 1. The second-order valence-corrected chi connectivity index (χ2v) is 13.3. The van der Waals surface area contributed by atoms with Crippen LogP contribution in [0.4, 0.5) is 22.0 Å². The van der Waals surface area contributed by atoms with Crippen LogP contribution in [0.25, 0.3) is 10.8 Å². The quantitative estimate of drug-likeness (QED) is 0.158. The molecule has 1 aliphatic rings. The van der Waals surface area contributed by atoms with Crippen LogP contribution in [0.5, 0.6) is 5.75 Å². The molecule has 0 bridgehead atoms. The van der Waals surface area contributed by atoms with Gasteiger partial charge >= 0.3 is 24.2 Å². The molecule has 0 spiro atoms. The number of alkyl halides is 4. The molecular formula is C26H27F5N3O8PS. The lowest BCUT2D eigenvalue weighted by molar-refractivity contribution is -0.241. The molecule has 5 unspecified atom stereocenters. The zero-order valence-electron chi connectivity index (χ0n) is 23.2. The van der Waals surface area contributed by atoms with E-state index in [1.165, 1.54) is 24.0 Å². The summed E-state index contributed by atoms with van der Waals surface area (Å²) in [5, 5.41) is 14.3. The van der Waals surface area contributed by atoms with E-state index in [9.17, 15) is 32.7 Å². The second-order valence-electron chi connectivity index (χ2n) is 10.1. The number of nitrogens with one attached hydrogen (secondary N) is 2. The van der Waals surface area contributed by atoms with E-state index in [4.69, 9.17) is 30.3 Å². The van der Waals surface area contributed by atoms with Crippen molar-refractivity contribution in [2.24, 2.45) is 0 Å². The summed E-state index contributed by atoms with van der Waals surface area (Å²) in [7, 11) is 0. The number of fused-ring (bicyclic) bond motifs is 1. The molecule has 5 atom stereocenters. The molecule has 4 rings (SSSR count). The van der Waals surface area contributed by atoms with E-state index in [0.717, 1.165) is 5.39 Å². The number of aromatic amines is 1. The van der Waals surface area contributed by atoms with Crippen LogP contribution in [0, 0.1) is 5.82 Å². The third kappa shape index (κ3) is 6.57. The van der Waals surface area contributed by atoms with Crippen molar-refractivity contribution in [2.45, 2.75) is 63.2 Å². The molecule has 1 aliphatic heterocycles. The number of carbonyl (C=O) groups is 1. The minimum Gasteiger partial charge on any atom is -0.462 e. The molecule has 0 radical (unpaired) electrons. The Bertz CT molecular complexity index is 1710. The van der Waals surface area contributed by atoms with E-state index in [1.807, 2.05) is 0 Å². The van der Waals surface area contributed by atoms with Crippen molar-refractivity contribution < 1.29 is 50.4 Å². The summed E-state index contributed by atoms with van der Waals surface area (Å²) in [5.41, 5.74) is -7.01. The SMILES string of the molecule is CC(C)OC(=O)C(C)NP(=S)(OCC1(C(F)F)OC(n2cc(F)c(=O)[nH]c2=O)C(O)C1(F)F)Oc1ccc2ccccc2c1. The van der Waals surface area contributed by atoms with Gasteiger partial charge in [0.25, 0.3) is 12.0 Å². The van der Waals surface area contributed by atoms with Crippen LogP contribution >= 0.6 is 6.64 Å². The molecule has 3 aromatic rings. The van der Waals surface area contributed by atoms with Gasteiger partial charge in [-0.05, 0) is 55.5 Å². The summed E-state index contributed by atoms with van der Waals surface area (Å²) in [6, 6.07) is 10.3. The van der Waals surface area contributed by atoms with Gasteiger partial charge < -0.3 is 23.6 Å². The highest BCUT2D eigenvalue weighted by molar-refractivity contribution is 8.09. The second kappa shape index (κ2) is 12.7. The van der Waals surface area contributed by atoms with Gasteiger partial charge in [-0.15, -0.1) is 0 Å². The topological polar surface area (TPSA) is 141 Å². The Labute approximate surface area is 251 Å². The molecule has 0 amide bonds. The predicted molar refractivity (Wildman–Crippen MR) is 150 cm³/mol. The number of hydrogen-bond donors (Lipinski definition) is 3. The smallest absolute Gasteiger partial charge is 0.330 e. The van der Waals surface area contributed by atoms with Gasteiger partial charge in [-0.3, -0.25) is 19.1 Å². The first-order chi connectivity index (χ1) is 20.5. The number of rotatable bonds is 11. The lowest BCUT2D eigenvalue weighted by Gasteiger charge is -2.35. The van der Waals surface area contributed by atoms with Crippen molar-refractivity contribution >= 4 is 35.2 Å². The summed E-state index contributed by atoms with van der Waals surface area (Å²) >= 11 is 5.46. The molecule has 1 fully saturated rings. The summed E-state index contributed by atoms with van der Waals surface area (Å²) in [6.45, 7) is -1.54. The molecule has 0 saturated carbocycles. The van der Waals surface area contributed by atoms with Gasteiger partial charge in [0.1, 0.15) is 11.8 Å². The maximum Gasteiger partial charge on any atom is 0.330 e. The van der Waals surface area contributed by atoms with Crippen LogP contribution in [-0.2, 0) is 30.6 Å². The number of halogens is 5. The zero-order chi connectivity index (χ0) is 32.6. The number of aromatic nitrogens is 2. The van der Waals surface area contributed by atoms with Crippen molar-refractivity contribution in [3.8, 4) is 5.75 Å². The van der Waals surface area contributed by atoms with Gasteiger partial charge in [0.15, 0.2) is 12.3 Å². The van der Waals surface area contributed by atoms with E-state index in [0.29, 0.717) is 5.39 Å². The normalized spacial score (nSPS) is 23.5. The van der Waals surface area contributed by atoms with E-state index in [2.05, 4.69) is 5.09 Å².